The van der Waals surface area contributed by atoms with E-state index in [9.17, 15) is 9.90 Å². The maximum atomic E-state index is 11.6. The lowest BCUT2D eigenvalue weighted by Crippen LogP contribution is -2.32. The molecule has 0 unspecified atom stereocenters. The van der Waals surface area contributed by atoms with Gasteiger partial charge in [-0.1, -0.05) is 44.2 Å². The van der Waals surface area contributed by atoms with Crippen LogP contribution in [0.3, 0.4) is 0 Å². The second kappa shape index (κ2) is 6.17. The Morgan fingerprint density at radius 3 is 2.58 bits per heavy atom. The van der Waals surface area contributed by atoms with Gasteiger partial charge in [0.1, 0.15) is 6.10 Å². The SMILES string of the molecule is CC(C)[C@@H]1C(=O)O[C@H](COCc2ccccc2)[C@H]1O. The Morgan fingerprint density at radius 2 is 2.00 bits per heavy atom. The average molecular weight is 264 g/mol. The summed E-state index contributed by atoms with van der Waals surface area (Å²) in [5.74, 6) is -0.692. The molecule has 0 bridgehead atoms. The zero-order chi connectivity index (χ0) is 13.8. The van der Waals surface area contributed by atoms with Gasteiger partial charge in [-0.2, -0.15) is 0 Å². The van der Waals surface area contributed by atoms with E-state index in [1.54, 1.807) is 0 Å². The summed E-state index contributed by atoms with van der Waals surface area (Å²) in [7, 11) is 0. The molecule has 1 fully saturated rings. The van der Waals surface area contributed by atoms with Gasteiger partial charge in [0.2, 0.25) is 0 Å². The van der Waals surface area contributed by atoms with Crippen LogP contribution in [0.4, 0.5) is 0 Å². The highest BCUT2D eigenvalue weighted by molar-refractivity contribution is 5.76. The van der Waals surface area contributed by atoms with Gasteiger partial charge in [-0.25, -0.2) is 0 Å². The Labute approximate surface area is 113 Å². The van der Waals surface area contributed by atoms with Gasteiger partial charge in [-0.05, 0) is 11.5 Å². The van der Waals surface area contributed by atoms with Crippen molar-refractivity contribution >= 4 is 5.97 Å². The van der Waals surface area contributed by atoms with E-state index in [1.165, 1.54) is 0 Å². The third-order valence-corrected chi connectivity index (χ3v) is 3.40. The minimum Gasteiger partial charge on any atom is -0.457 e. The fourth-order valence-corrected chi connectivity index (χ4v) is 2.33. The molecule has 0 amide bonds. The van der Waals surface area contributed by atoms with Crippen molar-refractivity contribution in [3.63, 3.8) is 0 Å². The number of carbonyl (C=O) groups is 1. The van der Waals surface area contributed by atoms with Gasteiger partial charge in [0, 0.05) is 0 Å². The molecule has 1 aromatic rings. The van der Waals surface area contributed by atoms with Gasteiger partial charge < -0.3 is 14.6 Å². The Morgan fingerprint density at radius 1 is 1.32 bits per heavy atom. The molecule has 0 aromatic heterocycles. The summed E-state index contributed by atoms with van der Waals surface area (Å²) in [5, 5.41) is 10.1. The second-order valence-electron chi connectivity index (χ2n) is 5.24. The summed E-state index contributed by atoms with van der Waals surface area (Å²) in [6.45, 7) is 4.49. The molecular weight excluding hydrogens is 244 g/mol. The van der Waals surface area contributed by atoms with Gasteiger partial charge in [0.25, 0.3) is 0 Å². The number of hydrogen-bond acceptors (Lipinski definition) is 4. The van der Waals surface area contributed by atoms with Gasteiger partial charge in [-0.15, -0.1) is 0 Å². The topological polar surface area (TPSA) is 55.8 Å². The first-order valence-corrected chi connectivity index (χ1v) is 6.60. The molecule has 0 spiro atoms. The molecule has 4 heteroatoms. The Bertz CT molecular complexity index is 415. The lowest BCUT2D eigenvalue weighted by Gasteiger charge is -2.17. The van der Waals surface area contributed by atoms with E-state index in [1.807, 2.05) is 44.2 Å². The lowest BCUT2D eigenvalue weighted by atomic mass is 9.90. The van der Waals surface area contributed by atoms with Crippen LogP contribution in [0.25, 0.3) is 0 Å². The second-order valence-corrected chi connectivity index (χ2v) is 5.24. The number of benzene rings is 1. The van der Waals surface area contributed by atoms with Crippen LogP contribution in [0.15, 0.2) is 30.3 Å². The van der Waals surface area contributed by atoms with Crippen molar-refractivity contribution in [2.45, 2.75) is 32.7 Å². The monoisotopic (exact) mass is 264 g/mol. The summed E-state index contributed by atoms with van der Waals surface area (Å²) in [6, 6.07) is 9.76. The number of ether oxygens (including phenoxy) is 2. The predicted octanol–water partition coefficient (Wildman–Crippen LogP) is 1.76. The normalized spacial score (nSPS) is 26.7. The van der Waals surface area contributed by atoms with Crippen LogP contribution in [-0.2, 0) is 20.9 Å². The van der Waals surface area contributed by atoms with Gasteiger partial charge in [0.15, 0.2) is 6.10 Å². The number of hydrogen-bond donors (Lipinski definition) is 1. The average Bonchev–Trinajstić information content (AvgIpc) is 2.66. The van der Waals surface area contributed by atoms with E-state index in [0.717, 1.165) is 5.56 Å². The number of cyclic esters (lactones) is 1. The third kappa shape index (κ3) is 3.33. The van der Waals surface area contributed by atoms with Crippen LogP contribution < -0.4 is 0 Å². The van der Waals surface area contributed by atoms with Crippen LogP contribution >= 0.6 is 0 Å². The van der Waals surface area contributed by atoms with Crippen LogP contribution in [0.1, 0.15) is 19.4 Å². The highest BCUT2D eigenvalue weighted by Gasteiger charge is 2.45. The molecule has 1 saturated heterocycles. The molecule has 19 heavy (non-hydrogen) atoms. The summed E-state index contributed by atoms with van der Waals surface area (Å²) < 4.78 is 10.7. The summed E-state index contributed by atoms with van der Waals surface area (Å²) in [4.78, 5) is 11.6. The molecule has 1 aliphatic heterocycles. The molecule has 0 aliphatic carbocycles. The minimum atomic E-state index is -0.775. The fraction of sp³-hybridized carbons (Fsp3) is 0.533. The fourth-order valence-electron chi connectivity index (χ4n) is 2.33. The van der Waals surface area contributed by atoms with E-state index in [0.29, 0.717) is 6.61 Å². The standard InChI is InChI=1S/C15H20O4/c1-10(2)13-14(16)12(19-15(13)17)9-18-8-11-6-4-3-5-7-11/h3-7,10,12-14,16H,8-9H2,1-2H3/t12-,13+,14-/m1/s1. The van der Waals surface area contributed by atoms with E-state index >= 15 is 0 Å². The number of aliphatic hydroxyl groups is 1. The lowest BCUT2D eigenvalue weighted by molar-refractivity contribution is -0.147. The number of esters is 1. The highest BCUT2D eigenvalue weighted by atomic mass is 16.6. The number of aliphatic hydroxyl groups excluding tert-OH is 1. The molecule has 1 N–H and O–H groups in total. The molecule has 0 radical (unpaired) electrons. The molecule has 0 saturated carbocycles. The van der Waals surface area contributed by atoms with Crippen molar-refractivity contribution in [2.24, 2.45) is 11.8 Å². The summed E-state index contributed by atoms with van der Waals surface area (Å²) in [5.41, 5.74) is 1.06. The third-order valence-electron chi connectivity index (χ3n) is 3.40. The molecule has 2 rings (SSSR count). The quantitative estimate of drug-likeness (QED) is 0.823. The largest absolute Gasteiger partial charge is 0.457 e. The smallest absolute Gasteiger partial charge is 0.312 e. The van der Waals surface area contributed by atoms with Crippen LogP contribution in [0, 0.1) is 11.8 Å². The Balaban J connectivity index is 1.83. The van der Waals surface area contributed by atoms with E-state index < -0.39 is 18.1 Å². The molecule has 3 atom stereocenters. The summed E-state index contributed by atoms with van der Waals surface area (Å²) >= 11 is 0. The number of carbonyl (C=O) groups excluding carboxylic acids is 1. The van der Waals surface area contributed by atoms with Crippen molar-refractivity contribution in [3.05, 3.63) is 35.9 Å². The van der Waals surface area contributed by atoms with Gasteiger partial charge in [-0.3, -0.25) is 4.79 Å². The number of rotatable bonds is 5. The van der Waals surface area contributed by atoms with E-state index in [2.05, 4.69) is 0 Å². The minimum absolute atomic E-state index is 0.0709. The Hall–Kier alpha value is -1.39. The predicted molar refractivity (Wildman–Crippen MR) is 70.3 cm³/mol. The van der Waals surface area contributed by atoms with Crippen LogP contribution in [0.2, 0.25) is 0 Å². The maximum absolute atomic E-state index is 11.6. The molecule has 1 aromatic carbocycles. The first kappa shape index (κ1) is 14.0. The van der Waals surface area contributed by atoms with E-state index in [-0.39, 0.29) is 18.5 Å². The van der Waals surface area contributed by atoms with Crippen molar-refractivity contribution < 1.29 is 19.4 Å². The van der Waals surface area contributed by atoms with Crippen molar-refractivity contribution in [1.29, 1.82) is 0 Å². The molecule has 104 valence electrons. The molecule has 1 heterocycles. The molecule has 1 aliphatic rings. The van der Waals surface area contributed by atoms with Crippen molar-refractivity contribution in [3.8, 4) is 0 Å². The Kier molecular flexibility index (Phi) is 4.56. The maximum Gasteiger partial charge on any atom is 0.312 e. The van der Waals surface area contributed by atoms with Gasteiger partial charge in [0.05, 0.1) is 19.1 Å². The molecule has 4 nitrogen and oxygen atoms in total. The van der Waals surface area contributed by atoms with E-state index in [4.69, 9.17) is 9.47 Å². The van der Waals surface area contributed by atoms with Crippen molar-refractivity contribution in [2.75, 3.05) is 6.61 Å². The first-order chi connectivity index (χ1) is 9.09. The zero-order valence-electron chi connectivity index (χ0n) is 11.3. The molecular formula is C15H20O4. The summed E-state index contributed by atoms with van der Waals surface area (Å²) in [6.07, 6.45) is -1.33. The van der Waals surface area contributed by atoms with Crippen LogP contribution in [-0.4, -0.2) is 29.9 Å². The van der Waals surface area contributed by atoms with Crippen LogP contribution in [0.5, 0.6) is 0 Å². The van der Waals surface area contributed by atoms with Gasteiger partial charge >= 0.3 is 5.97 Å². The first-order valence-electron chi connectivity index (χ1n) is 6.60. The van der Waals surface area contributed by atoms with Crippen molar-refractivity contribution in [1.82, 2.24) is 0 Å². The zero-order valence-corrected chi connectivity index (χ0v) is 11.3. The highest BCUT2D eigenvalue weighted by Crippen LogP contribution is 2.28.